The predicted octanol–water partition coefficient (Wildman–Crippen LogP) is 5.56. The second-order valence-electron chi connectivity index (χ2n) is 10.2. The van der Waals surface area contributed by atoms with Gasteiger partial charge in [-0.25, -0.2) is 0 Å². The molecule has 3 aliphatic carbocycles. The smallest absolute Gasteiger partial charge is 0.309 e. The topological polar surface area (TPSA) is 66.4 Å². The number of carboxylic acids is 1. The summed E-state index contributed by atoms with van der Waals surface area (Å²) in [5.74, 6) is -0.735. The summed E-state index contributed by atoms with van der Waals surface area (Å²) in [6.45, 7) is 6.57. The fourth-order valence-electron chi connectivity index (χ4n) is 5.08. The molecule has 3 aliphatic rings. The molecule has 30 heavy (non-hydrogen) atoms. The van der Waals surface area contributed by atoms with Gasteiger partial charge in [-0.3, -0.25) is 9.59 Å². The average Bonchev–Trinajstić information content (AvgIpc) is 2.74. The summed E-state index contributed by atoms with van der Waals surface area (Å²) in [7, 11) is 0. The number of benzene rings is 2. The number of hydrogen-bond donors (Lipinski definition) is 2. The van der Waals surface area contributed by atoms with Crippen LogP contribution in [0.15, 0.2) is 48.5 Å². The lowest BCUT2D eigenvalue weighted by atomic mass is 9.57. The van der Waals surface area contributed by atoms with E-state index in [1.807, 2.05) is 24.3 Å². The van der Waals surface area contributed by atoms with Crippen LogP contribution in [0.5, 0.6) is 0 Å². The van der Waals surface area contributed by atoms with Gasteiger partial charge in [-0.15, -0.1) is 0 Å². The van der Waals surface area contributed by atoms with Crippen LogP contribution in [0.25, 0.3) is 11.1 Å². The highest BCUT2D eigenvalue weighted by molar-refractivity contribution is 6.01. The van der Waals surface area contributed by atoms with Gasteiger partial charge in [-0.1, -0.05) is 63.2 Å². The Kier molecular flexibility index (Phi) is 5.00. The third-order valence-corrected chi connectivity index (χ3v) is 7.31. The Balaban J connectivity index is 1.56. The van der Waals surface area contributed by atoms with Gasteiger partial charge >= 0.3 is 5.97 Å². The number of carboxylic acid groups (broad SMARTS) is 1. The van der Waals surface area contributed by atoms with E-state index in [4.69, 9.17) is 0 Å². The molecule has 0 unspecified atom stereocenters. The fraction of sp³-hybridized carbons (Fsp3) is 0.462. The van der Waals surface area contributed by atoms with Crippen LogP contribution < -0.4 is 5.32 Å². The molecule has 0 radical (unpaired) electrons. The molecule has 0 heterocycles. The van der Waals surface area contributed by atoms with Gasteiger partial charge in [-0.05, 0) is 66.7 Å². The number of nitrogens with one attached hydrogen (secondary N) is 1. The summed E-state index contributed by atoms with van der Waals surface area (Å²) in [6, 6.07) is 16.2. The van der Waals surface area contributed by atoms with Crippen molar-refractivity contribution in [1.29, 1.82) is 0 Å². The third-order valence-electron chi connectivity index (χ3n) is 7.31. The van der Waals surface area contributed by atoms with E-state index in [-0.39, 0.29) is 16.9 Å². The molecular weight excluding hydrogens is 374 g/mol. The highest BCUT2D eigenvalue weighted by Crippen LogP contribution is 2.52. The van der Waals surface area contributed by atoms with Crippen LogP contribution in [0, 0.1) is 5.41 Å². The van der Waals surface area contributed by atoms with E-state index in [2.05, 4.69) is 50.4 Å². The maximum absolute atomic E-state index is 13.3. The first-order valence-electron chi connectivity index (χ1n) is 10.9. The van der Waals surface area contributed by atoms with Gasteiger partial charge in [0.05, 0.1) is 5.41 Å². The zero-order chi connectivity index (χ0) is 21.6. The maximum Gasteiger partial charge on any atom is 0.309 e. The summed E-state index contributed by atoms with van der Waals surface area (Å²) in [5.41, 5.74) is 3.15. The summed E-state index contributed by atoms with van der Waals surface area (Å²) in [5, 5.41) is 12.9. The monoisotopic (exact) mass is 405 g/mol. The molecule has 2 aromatic carbocycles. The van der Waals surface area contributed by atoms with Crippen molar-refractivity contribution < 1.29 is 14.7 Å². The standard InChI is InChI=1S/C26H31NO3/c1-24(2,3)19-10-8-18(9-11-19)20-6-4-5-7-21(20)22(28)27-26-15-12-25(13-16-26,14-17-26)23(29)30/h4-11H,12-17H2,1-3H3,(H,27,28)(H,29,30). The zero-order valence-electron chi connectivity index (χ0n) is 18.1. The minimum absolute atomic E-state index is 0.0600. The molecule has 0 spiro atoms. The average molecular weight is 406 g/mol. The van der Waals surface area contributed by atoms with Gasteiger partial charge < -0.3 is 10.4 Å². The van der Waals surface area contributed by atoms with Gasteiger partial charge in [0.25, 0.3) is 5.91 Å². The van der Waals surface area contributed by atoms with Crippen LogP contribution in [-0.2, 0) is 10.2 Å². The number of hydrogen-bond acceptors (Lipinski definition) is 2. The normalized spacial score (nSPS) is 25.7. The van der Waals surface area contributed by atoms with E-state index in [9.17, 15) is 14.7 Å². The van der Waals surface area contributed by atoms with Crippen molar-refractivity contribution in [1.82, 2.24) is 5.32 Å². The molecule has 4 nitrogen and oxygen atoms in total. The summed E-state index contributed by atoms with van der Waals surface area (Å²) < 4.78 is 0. The van der Waals surface area contributed by atoms with Crippen molar-refractivity contribution in [2.45, 2.75) is 70.3 Å². The lowest BCUT2D eigenvalue weighted by molar-refractivity contribution is -0.156. The number of amides is 1. The Morgan fingerprint density at radius 3 is 1.97 bits per heavy atom. The Labute approximate surface area is 178 Å². The van der Waals surface area contributed by atoms with Crippen LogP contribution in [-0.4, -0.2) is 22.5 Å². The van der Waals surface area contributed by atoms with Gasteiger partial charge in [0, 0.05) is 11.1 Å². The Morgan fingerprint density at radius 1 is 0.867 bits per heavy atom. The van der Waals surface area contributed by atoms with Crippen molar-refractivity contribution in [3.05, 3.63) is 59.7 Å². The lowest BCUT2D eigenvalue weighted by Gasteiger charge is -2.51. The third kappa shape index (κ3) is 3.64. The largest absolute Gasteiger partial charge is 0.481 e. The molecule has 0 saturated heterocycles. The minimum Gasteiger partial charge on any atom is -0.481 e. The number of aliphatic carboxylic acids is 1. The van der Waals surface area contributed by atoms with E-state index in [1.54, 1.807) is 0 Å². The SMILES string of the molecule is CC(C)(C)c1ccc(-c2ccccc2C(=O)NC23CCC(C(=O)O)(CC2)CC3)cc1. The number of rotatable bonds is 4. The first-order valence-corrected chi connectivity index (χ1v) is 10.9. The molecule has 1 amide bonds. The molecule has 3 saturated carbocycles. The lowest BCUT2D eigenvalue weighted by Crippen LogP contribution is -2.58. The molecule has 0 aromatic heterocycles. The summed E-state index contributed by atoms with van der Waals surface area (Å²) >= 11 is 0. The molecule has 2 N–H and O–H groups in total. The Morgan fingerprint density at radius 2 is 1.43 bits per heavy atom. The van der Waals surface area contributed by atoms with E-state index >= 15 is 0 Å². The van der Waals surface area contributed by atoms with Crippen molar-refractivity contribution in [3.63, 3.8) is 0 Å². The molecule has 2 aromatic rings. The maximum atomic E-state index is 13.3. The van der Waals surface area contributed by atoms with Gasteiger partial charge in [-0.2, -0.15) is 0 Å². The van der Waals surface area contributed by atoms with Crippen LogP contribution in [0.3, 0.4) is 0 Å². The van der Waals surface area contributed by atoms with Crippen molar-refractivity contribution >= 4 is 11.9 Å². The number of fused-ring (bicyclic) bond motifs is 3. The molecule has 0 atom stereocenters. The summed E-state index contributed by atoms with van der Waals surface area (Å²) in [4.78, 5) is 25.0. The fourth-order valence-corrected chi connectivity index (χ4v) is 5.08. The van der Waals surface area contributed by atoms with Crippen LogP contribution in [0.2, 0.25) is 0 Å². The highest BCUT2D eigenvalue weighted by Gasteiger charge is 2.53. The van der Waals surface area contributed by atoms with Gasteiger partial charge in [0.2, 0.25) is 0 Å². The predicted molar refractivity (Wildman–Crippen MR) is 119 cm³/mol. The van der Waals surface area contributed by atoms with Crippen molar-refractivity contribution in [2.24, 2.45) is 5.41 Å². The number of carbonyl (C=O) groups excluding carboxylic acids is 1. The molecule has 3 fully saturated rings. The second-order valence-corrected chi connectivity index (χ2v) is 10.2. The molecule has 158 valence electrons. The van der Waals surface area contributed by atoms with Crippen LogP contribution in [0.1, 0.15) is 75.2 Å². The zero-order valence-corrected chi connectivity index (χ0v) is 18.1. The summed E-state index contributed by atoms with van der Waals surface area (Å²) in [6.07, 6.45) is 4.18. The van der Waals surface area contributed by atoms with Crippen LogP contribution in [0.4, 0.5) is 0 Å². The van der Waals surface area contributed by atoms with Crippen LogP contribution >= 0.6 is 0 Å². The highest BCUT2D eigenvalue weighted by atomic mass is 16.4. The first-order chi connectivity index (χ1) is 14.1. The van der Waals surface area contributed by atoms with E-state index in [0.29, 0.717) is 24.8 Å². The van der Waals surface area contributed by atoms with Crippen molar-refractivity contribution in [3.8, 4) is 11.1 Å². The Bertz CT molecular complexity index is 944. The first kappa shape index (κ1) is 20.6. The quantitative estimate of drug-likeness (QED) is 0.700. The Hall–Kier alpha value is -2.62. The minimum atomic E-state index is -0.675. The van der Waals surface area contributed by atoms with Gasteiger partial charge in [0.1, 0.15) is 0 Å². The van der Waals surface area contributed by atoms with Crippen molar-refractivity contribution in [2.75, 3.05) is 0 Å². The molecular formula is C26H31NO3. The molecule has 2 bridgehead atoms. The van der Waals surface area contributed by atoms with Gasteiger partial charge in [0.15, 0.2) is 0 Å². The molecule has 4 heteroatoms. The second kappa shape index (κ2) is 7.26. The molecule has 0 aliphatic heterocycles. The van der Waals surface area contributed by atoms with E-state index < -0.39 is 11.4 Å². The molecule has 5 rings (SSSR count). The van der Waals surface area contributed by atoms with E-state index in [0.717, 1.165) is 30.4 Å². The number of carbonyl (C=O) groups is 2. The van der Waals surface area contributed by atoms with E-state index in [1.165, 1.54) is 5.56 Å².